The van der Waals surface area contributed by atoms with Crippen molar-refractivity contribution < 1.29 is 28.6 Å². The summed E-state index contributed by atoms with van der Waals surface area (Å²) in [4.78, 5) is 61.5. The normalized spacial score (nSPS) is 10.7. The quantitative estimate of drug-likeness (QED) is 0.0430. The molecule has 0 saturated carbocycles. The average Bonchev–Trinajstić information content (AvgIpc) is 0.732. The third-order valence-electron chi connectivity index (χ3n) is 16.0. The summed E-state index contributed by atoms with van der Waals surface area (Å²) in [5.41, 5.74) is 16.2. The fourth-order valence-corrected chi connectivity index (χ4v) is 10.9. The van der Waals surface area contributed by atoms with E-state index in [1.54, 1.807) is 73.6 Å². The zero-order chi connectivity index (χ0) is 66.0. The Morgan fingerprint density at radius 3 is 0.804 bits per heavy atom. The molecule has 7 aromatic carbocycles. The van der Waals surface area contributed by atoms with Gasteiger partial charge in [0.1, 0.15) is 55.9 Å². The van der Waals surface area contributed by atoms with Gasteiger partial charge in [-0.05, 0) is 150 Å². The molecule has 6 heterocycles. The smallest absolute Gasteiger partial charge is 0.150 e. The van der Waals surface area contributed by atoms with Gasteiger partial charge < -0.3 is 14.2 Å². The zero-order valence-electron chi connectivity index (χ0n) is 52.1. The molecule has 0 radical (unpaired) electrons. The molecule has 0 bridgehead atoms. The van der Waals surface area contributed by atoms with Crippen LogP contribution in [0.1, 0.15) is 103 Å². The highest BCUT2D eigenvalue weighted by molar-refractivity contribution is 5.76. The van der Waals surface area contributed by atoms with Gasteiger partial charge in [0, 0.05) is 104 Å². The maximum atomic E-state index is 11.1. The molecular formula is C85H56N6O6. The van der Waals surface area contributed by atoms with Crippen molar-refractivity contribution in [3.8, 4) is 86.9 Å². The lowest BCUT2D eigenvalue weighted by Crippen LogP contribution is -2.31. The van der Waals surface area contributed by atoms with E-state index in [-0.39, 0.29) is 19.8 Å². The van der Waals surface area contributed by atoms with Gasteiger partial charge in [-0.15, -0.1) is 0 Å². The van der Waals surface area contributed by atoms with E-state index in [1.807, 2.05) is 152 Å². The topological polar surface area (TPSA) is 156 Å². The minimum Gasteiger partial charge on any atom is -0.489 e. The molecule has 0 fully saturated rings. The number of aldehydes is 3. The van der Waals surface area contributed by atoms with Gasteiger partial charge in [0.15, 0.2) is 0 Å². The number of carbonyl (C=O) groups excluding carboxylic acids is 3. The summed E-state index contributed by atoms with van der Waals surface area (Å²) in [5.74, 6) is 20.8. The van der Waals surface area contributed by atoms with E-state index in [4.69, 9.17) is 29.2 Å². The molecule has 0 saturated heterocycles. The molecule has 0 amide bonds. The highest BCUT2D eigenvalue weighted by atomic mass is 16.5. The van der Waals surface area contributed by atoms with Crippen LogP contribution < -0.4 is 14.2 Å². The van der Waals surface area contributed by atoms with E-state index in [2.05, 4.69) is 111 Å². The summed E-state index contributed by atoms with van der Waals surface area (Å²) in [6.45, 7) is 0.756. The van der Waals surface area contributed by atoms with Crippen LogP contribution in [0.25, 0.3) is 34.2 Å². The maximum absolute atomic E-state index is 11.1. The Hall–Kier alpha value is -13.5. The van der Waals surface area contributed by atoms with Crippen LogP contribution in [0.5, 0.6) is 17.2 Å². The third-order valence-corrected chi connectivity index (χ3v) is 16.0. The molecule has 13 rings (SSSR count). The minimum atomic E-state index is -0.959. The number of rotatable bonds is 19. The molecule has 6 aromatic heterocycles. The van der Waals surface area contributed by atoms with Crippen LogP contribution in [0.2, 0.25) is 0 Å². The van der Waals surface area contributed by atoms with Gasteiger partial charge in [-0.3, -0.25) is 44.3 Å². The van der Waals surface area contributed by atoms with Crippen LogP contribution >= 0.6 is 0 Å². The van der Waals surface area contributed by atoms with Crippen molar-refractivity contribution in [3.63, 3.8) is 0 Å². The van der Waals surface area contributed by atoms with Crippen molar-refractivity contribution in [3.05, 3.63) is 375 Å². The van der Waals surface area contributed by atoms with Crippen LogP contribution in [0, 0.1) is 35.5 Å². The highest BCUT2D eigenvalue weighted by Gasteiger charge is 2.39. The number of benzene rings is 7. The first kappa shape index (κ1) is 62.3. The predicted molar refractivity (Wildman–Crippen MR) is 374 cm³/mol. The molecule has 13 aromatic rings. The predicted octanol–water partition coefficient (Wildman–Crippen LogP) is 15.8. The second-order valence-electron chi connectivity index (χ2n) is 22.5. The molecule has 12 heteroatoms. The highest BCUT2D eigenvalue weighted by Crippen LogP contribution is 2.47. The molecule has 0 aliphatic carbocycles. The second-order valence-corrected chi connectivity index (χ2v) is 22.5. The Morgan fingerprint density at radius 1 is 0.268 bits per heavy atom. The Bertz CT molecular complexity index is 4630. The number of carbonyl (C=O) groups is 3. The SMILES string of the molecule is O=Cc1ccc(C#Cc2ccc(-c3ccc(COc4cccc(C(c5ccccc5)(c5cccc(OCc6ccc(-c7ccc(C#Cc8ccc(C=O)cc8)cn7)nc6)c5)c5cccc(OCc6ccc(-c7ccc(C#Cc8ccc(C=O)cc8)cn7)nc6)c5)c4)cn3)nc2)cc1. The van der Waals surface area contributed by atoms with Gasteiger partial charge in [0.05, 0.1) is 39.6 Å². The zero-order valence-corrected chi connectivity index (χ0v) is 52.1. The van der Waals surface area contributed by atoms with Crippen molar-refractivity contribution in [2.45, 2.75) is 25.2 Å². The number of ether oxygens (including phenoxy) is 3. The lowest BCUT2D eigenvalue weighted by Gasteiger charge is -2.37. The number of hydrogen-bond donors (Lipinski definition) is 0. The Labute approximate surface area is 561 Å². The standard InChI is InChI=1S/C85H56N6O6/c92-54-66-27-18-60(19-28-66)15-24-63-33-39-79(86-48-63)82-42-36-69(51-89-82)57-95-76-12-4-9-73(45-76)85(72-7-2-1-3-8-72,74-10-5-13-77(46-74)96-58-70-37-43-83(90-52-70)80-40-34-64(49-87-80)25-16-61-20-29-67(55-93)30-21-61)75-11-6-14-78(47-75)97-59-71-38-44-84(91-53-71)81-41-35-65(50-88-81)26-17-62-22-31-68(56-94)32-23-62/h1-14,18-23,27-56H,57-59H2. The first-order valence-corrected chi connectivity index (χ1v) is 31.0. The van der Waals surface area contributed by atoms with Crippen LogP contribution in [0.3, 0.4) is 0 Å². The van der Waals surface area contributed by atoms with Gasteiger partial charge >= 0.3 is 0 Å². The summed E-state index contributed by atoms with van der Waals surface area (Å²) >= 11 is 0. The first-order chi connectivity index (χ1) is 47.8. The van der Waals surface area contributed by atoms with Gasteiger partial charge in [-0.2, -0.15) is 0 Å². The van der Waals surface area contributed by atoms with Gasteiger partial charge in [0.2, 0.25) is 0 Å². The molecule has 97 heavy (non-hydrogen) atoms. The van der Waals surface area contributed by atoms with Gasteiger partial charge in [-0.25, -0.2) is 0 Å². The number of nitrogens with zero attached hydrogens (tertiary/aromatic N) is 6. The first-order valence-electron chi connectivity index (χ1n) is 31.0. The van der Waals surface area contributed by atoms with Crippen LogP contribution in [0.15, 0.2) is 286 Å². The van der Waals surface area contributed by atoms with E-state index in [0.29, 0.717) is 68.1 Å². The molecule has 0 spiro atoms. The molecule has 0 atom stereocenters. The van der Waals surface area contributed by atoms with Crippen molar-refractivity contribution in [1.29, 1.82) is 0 Å². The molecular weight excluding hydrogens is 1200 g/mol. The van der Waals surface area contributed by atoms with Crippen molar-refractivity contribution >= 4 is 18.9 Å². The number of aromatic nitrogens is 6. The molecule has 12 nitrogen and oxygen atoms in total. The van der Waals surface area contributed by atoms with Crippen LogP contribution in [-0.4, -0.2) is 48.8 Å². The van der Waals surface area contributed by atoms with Crippen molar-refractivity contribution in [2.24, 2.45) is 0 Å². The summed E-state index contributed by atoms with van der Waals surface area (Å²) < 4.78 is 20.0. The van der Waals surface area contributed by atoms with E-state index in [1.165, 1.54) is 0 Å². The fourth-order valence-electron chi connectivity index (χ4n) is 10.9. The largest absolute Gasteiger partial charge is 0.489 e. The van der Waals surface area contributed by atoms with E-state index >= 15 is 0 Å². The summed E-state index contributed by atoms with van der Waals surface area (Å²) in [6, 6.07) is 79.7. The van der Waals surface area contributed by atoms with Crippen molar-refractivity contribution in [1.82, 2.24) is 29.9 Å². The summed E-state index contributed by atoms with van der Waals surface area (Å²) in [6.07, 6.45) is 13.0. The van der Waals surface area contributed by atoms with E-state index in [9.17, 15) is 14.4 Å². The lowest BCUT2D eigenvalue weighted by molar-refractivity contribution is 0.111. The Morgan fingerprint density at radius 2 is 0.536 bits per heavy atom. The molecule has 0 unspecified atom stereocenters. The summed E-state index contributed by atoms with van der Waals surface area (Å²) in [5, 5.41) is 0. The molecule has 0 aliphatic heterocycles. The monoisotopic (exact) mass is 1260 g/mol. The Balaban J connectivity index is 0.753. The van der Waals surface area contributed by atoms with E-state index < -0.39 is 5.41 Å². The lowest BCUT2D eigenvalue weighted by atomic mass is 9.65. The second kappa shape index (κ2) is 29.9. The minimum absolute atomic E-state index is 0.252. The molecule has 0 N–H and O–H groups in total. The number of hydrogen-bond acceptors (Lipinski definition) is 12. The van der Waals surface area contributed by atoms with Crippen LogP contribution in [0.4, 0.5) is 0 Å². The van der Waals surface area contributed by atoms with Gasteiger partial charge in [0.25, 0.3) is 0 Å². The molecule has 462 valence electrons. The maximum Gasteiger partial charge on any atom is 0.150 e. The fraction of sp³-hybridized carbons (Fsp3) is 0.0471. The van der Waals surface area contributed by atoms with Crippen LogP contribution in [-0.2, 0) is 25.2 Å². The van der Waals surface area contributed by atoms with Crippen molar-refractivity contribution in [2.75, 3.05) is 0 Å². The average molecular weight is 1260 g/mol. The number of pyridine rings is 6. The third kappa shape index (κ3) is 15.4. The van der Waals surface area contributed by atoms with Gasteiger partial charge in [-0.1, -0.05) is 157 Å². The summed E-state index contributed by atoms with van der Waals surface area (Å²) in [7, 11) is 0. The van der Waals surface area contributed by atoms with E-state index in [0.717, 1.165) is 91.2 Å². The Kier molecular flexibility index (Phi) is 19.2. The molecule has 0 aliphatic rings.